The smallest absolute Gasteiger partial charge is 0.204 e. The monoisotopic (exact) mass is 452 g/mol. The largest absolute Gasteiger partial charge is 0.366 e. The SMILES string of the molecule is Brc1cnn2c(NCc3ccc(-c4nn[nH]n4)cc3)cc(C3CCCCC3)nc12. The molecule has 1 aliphatic rings. The minimum Gasteiger partial charge on any atom is -0.366 e. The lowest BCUT2D eigenvalue weighted by atomic mass is 9.87. The summed E-state index contributed by atoms with van der Waals surface area (Å²) in [4.78, 5) is 4.90. The normalized spacial score (nSPS) is 15.1. The summed E-state index contributed by atoms with van der Waals surface area (Å²) in [5.41, 5.74) is 4.12. The lowest BCUT2D eigenvalue weighted by Gasteiger charge is -2.22. The maximum absolute atomic E-state index is 4.90. The van der Waals surface area contributed by atoms with Crippen molar-refractivity contribution < 1.29 is 0 Å². The first kappa shape index (κ1) is 18.2. The second kappa shape index (κ2) is 7.90. The molecule has 0 radical (unpaired) electrons. The molecule has 0 bridgehead atoms. The fraction of sp³-hybridized carbons (Fsp3) is 0.350. The molecule has 0 spiro atoms. The van der Waals surface area contributed by atoms with Crippen molar-refractivity contribution in [3.05, 3.63) is 52.3 Å². The molecule has 0 unspecified atom stereocenters. The van der Waals surface area contributed by atoms with Gasteiger partial charge in [-0.2, -0.15) is 14.8 Å². The highest BCUT2D eigenvalue weighted by Crippen LogP contribution is 2.33. The molecule has 0 saturated heterocycles. The molecule has 9 heteroatoms. The first-order valence-corrected chi connectivity index (χ1v) is 10.7. The van der Waals surface area contributed by atoms with Gasteiger partial charge >= 0.3 is 0 Å². The third kappa shape index (κ3) is 3.74. The summed E-state index contributed by atoms with van der Waals surface area (Å²) >= 11 is 3.59. The molecule has 1 saturated carbocycles. The lowest BCUT2D eigenvalue weighted by molar-refractivity contribution is 0.437. The standard InChI is InChI=1S/C20H21BrN8/c21-16-12-23-29-18(10-17(24-20(16)29)14-4-2-1-3-5-14)22-11-13-6-8-15(9-7-13)19-25-27-28-26-19/h6-10,12,14,22H,1-5,11H2,(H,25,26,27,28). The molecule has 29 heavy (non-hydrogen) atoms. The van der Waals surface area contributed by atoms with Gasteiger partial charge in [0, 0.05) is 29.8 Å². The Kier molecular flexibility index (Phi) is 4.97. The number of hydrogen-bond acceptors (Lipinski definition) is 6. The molecule has 8 nitrogen and oxygen atoms in total. The van der Waals surface area contributed by atoms with Gasteiger partial charge in [0.05, 0.1) is 10.7 Å². The summed E-state index contributed by atoms with van der Waals surface area (Å²) in [7, 11) is 0. The van der Waals surface area contributed by atoms with E-state index in [0.717, 1.165) is 32.8 Å². The van der Waals surface area contributed by atoms with Crippen LogP contribution in [0.3, 0.4) is 0 Å². The number of hydrogen-bond donors (Lipinski definition) is 2. The van der Waals surface area contributed by atoms with Crippen LogP contribution >= 0.6 is 15.9 Å². The maximum Gasteiger partial charge on any atom is 0.204 e. The van der Waals surface area contributed by atoms with E-state index in [9.17, 15) is 0 Å². The van der Waals surface area contributed by atoms with Crippen LogP contribution in [0.5, 0.6) is 0 Å². The molecule has 1 fully saturated rings. The van der Waals surface area contributed by atoms with Gasteiger partial charge in [-0.05, 0) is 39.5 Å². The Morgan fingerprint density at radius 3 is 2.72 bits per heavy atom. The van der Waals surface area contributed by atoms with Gasteiger partial charge in [0.1, 0.15) is 5.82 Å². The fourth-order valence-electron chi connectivity index (χ4n) is 3.94. The van der Waals surface area contributed by atoms with E-state index in [2.05, 4.69) is 65.2 Å². The van der Waals surface area contributed by atoms with Crippen molar-refractivity contribution in [1.29, 1.82) is 0 Å². The molecular weight excluding hydrogens is 432 g/mol. The topological polar surface area (TPSA) is 96.7 Å². The van der Waals surface area contributed by atoms with Crippen molar-refractivity contribution in [2.24, 2.45) is 0 Å². The summed E-state index contributed by atoms with van der Waals surface area (Å²) in [6.45, 7) is 0.688. The highest BCUT2D eigenvalue weighted by atomic mass is 79.9. The van der Waals surface area contributed by atoms with Crippen LogP contribution < -0.4 is 5.32 Å². The van der Waals surface area contributed by atoms with Gasteiger partial charge in [-0.3, -0.25) is 0 Å². The minimum atomic E-state index is 0.533. The second-order valence-electron chi connectivity index (χ2n) is 7.41. The average Bonchev–Trinajstić information content (AvgIpc) is 3.44. The Labute approximate surface area is 176 Å². The lowest BCUT2D eigenvalue weighted by Crippen LogP contribution is -2.11. The van der Waals surface area contributed by atoms with E-state index in [-0.39, 0.29) is 0 Å². The van der Waals surface area contributed by atoms with Crippen molar-refractivity contribution in [2.45, 2.75) is 44.6 Å². The Bertz CT molecular complexity index is 1100. The van der Waals surface area contributed by atoms with Crippen LogP contribution in [0.15, 0.2) is 41.0 Å². The Morgan fingerprint density at radius 1 is 1.14 bits per heavy atom. The number of nitrogens with zero attached hydrogens (tertiary/aromatic N) is 6. The fourth-order valence-corrected chi connectivity index (χ4v) is 4.28. The van der Waals surface area contributed by atoms with Gasteiger partial charge in [0.25, 0.3) is 0 Å². The summed E-state index contributed by atoms with van der Waals surface area (Å²) in [6, 6.07) is 10.3. The van der Waals surface area contributed by atoms with Gasteiger partial charge in [-0.15, -0.1) is 10.2 Å². The van der Waals surface area contributed by atoms with Crippen LogP contribution in [0.25, 0.3) is 17.0 Å². The number of H-pyrrole nitrogens is 1. The Balaban J connectivity index is 1.39. The number of tetrazole rings is 1. The number of benzene rings is 1. The Hall–Kier alpha value is -2.81. The van der Waals surface area contributed by atoms with Crippen molar-refractivity contribution >= 4 is 27.4 Å². The van der Waals surface area contributed by atoms with E-state index < -0.39 is 0 Å². The summed E-state index contributed by atoms with van der Waals surface area (Å²) < 4.78 is 2.78. The van der Waals surface area contributed by atoms with Crippen LogP contribution in [0.2, 0.25) is 0 Å². The molecule has 2 N–H and O–H groups in total. The number of aromatic amines is 1. The third-order valence-electron chi connectivity index (χ3n) is 5.50. The van der Waals surface area contributed by atoms with Crippen LogP contribution in [0, 0.1) is 0 Å². The van der Waals surface area contributed by atoms with E-state index in [4.69, 9.17) is 4.98 Å². The zero-order valence-electron chi connectivity index (χ0n) is 15.8. The molecule has 1 aliphatic carbocycles. The van der Waals surface area contributed by atoms with Gasteiger partial charge in [-0.25, -0.2) is 4.98 Å². The Morgan fingerprint density at radius 2 is 1.97 bits per heavy atom. The highest BCUT2D eigenvalue weighted by Gasteiger charge is 2.20. The van der Waals surface area contributed by atoms with Gasteiger partial charge in [0.15, 0.2) is 5.65 Å². The van der Waals surface area contributed by atoms with E-state index >= 15 is 0 Å². The van der Waals surface area contributed by atoms with Gasteiger partial charge in [0.2, 0.25) is 5.82 Å². The molecule has 0 atom stereocenters. The van der Waals surface area contributed by atoms with E-state index in [1.165, 1.54) is 32.1 Å². The summed E-state index contributed by atoms with van der Waals surface area (Å²) in [5.74, 6) is 2.09. The van der Waals surface area contributed by atoms with E-state index in [1.54, 1.807) is 6.20 Å². The van der Waals surface area contributed by atoms with Crippen molar-refractivity contribution in [1.82, 2.24) is 35.2 Å². The van der Waals surface area contributed by atoms with Crippen LogP contribution in [0.4, 0.5) is 5.82 Å². The van der Waals surface area contributed by atoms with E-state index in [0.29, 0.717) is 18.3 Å². The summed E-state index contributed by atoms with van der Waals surface area (Å²) in [6.07, 6.45) is 8.14. The maximum atomic E-state index is 4.90. The van der Waals surface area contributed by atoms with Gasteiger partial charge < -0.3 is 5.32 Å². The predicted octanol–water partition coefficient (Wildman–Crippen LogP) is 4.33. The number of rotatable bonds is 5. The molecule has 3 aromatic heterocycles. The van der Waals surface area contributed by atoms with Crippen LogP contribution in [0.1, 0.15) is 49.3 Å². The van der Waals surface area contributed by atoms with Crippen molar-refractivity contribution in [2.75, 3.05) is 5.32 Å². The van der Waals surface area contributed by atoms with Crippen molar-refractivity contribution in [3.8, 4) is 11.4 Å². The molecule has 148 valence electrons. The number of nitrogens with one attached hydrogen (secondary N) is 2. The molecule has 3 heterocycles. The number of aromatic nitrogens is 7. The molecule has 0 aliphatic heterocycles. The van der Waals surface area contributed by atoms with Crippen molar-refractivity contribution in [3.63, 3.8) is 0 Å². The first-order chi connectivity index (χ1) is 14.3. The summed E-state index contributed by atoms with van der Waals surface area (Å²) in [5, 5.41) is 22.1. The molecule has 1 aromatic carbocycles. The highest BCUT2D eigenvalue weighted by molar-refractivity contribution is 9.10. The molecule has 4 aromatic rings. The van der Waals surface area contributed by atoms with Crippen LogP contribution in [-0.4, -0.2) is 35.2 Å². The first-order valence-electron chi connectivity index (χ1n) is 9.89. The predicted molar refractivity (Wildman–Crippen MR) is 113 cm³/mol. The molecular formula is C20H21BrN8. The number of halogens is 1. The molecule has 0 amide bonds. The average molecular weight is 453 g/mol. The molecule has 5 rings (SSSR count). The third-order valence-corrected chi connectivity index (χ3v) is 6.06. The van der Waals surface area contributed by atoms with E-state index in [1.807, 2.05) is 16.6 Å². The van der Waals surface area contributed by atoms with Crippen LogP contribution in [-0.2, 0) is 6.54 Å². The zero-order valence-corrected chi connectivity index (χ0v) is 17.4. The van der Waals surface area contributed by atoms with Gasteiger partial charge in [-0.1, -0.05) is 43.5 Å². The zero-order chi connectivity index (χ0) is 19.6. The minimum absolute atomic E-state index is 0.533. The number of anilines is 1. The second-order valence-corrected chi connectivity index (χ2v) is 8.27. The number of fused-ring (bicyclic) bond motifs is 1. The quantitative estimate of drug-likeness (QED) is 0.467.